The van der Waals surface area contributed by atoms with Gasteiger partial charge in [-0.05, 0) is 21.0 Å². The third-order valence-corrected chi connectivity index (χ3v) is 2.84. The summed E-state index contributed by atoms with van der Waals surface area (Å²) in [5.41, 5.74) is 0. The van der Waals surface area contributed by atoms with Gasteiger partial charge in [0, 0.05) is 12.7 Å². The number of hydrogen-bond acceptors (Lipinski definition) is 3. The van der Waals surface area contributed by atoms with E-state index in [0.29, 0.717) is 0 Å². The minimum Gasteiger partial charge on any atom is -0.334 e. The van der Waals surface area contributed by atoms with E-state index in [9.17, 15) is 0 Å². The molecule has 3 nitrogen and oxygen atoms in total. The lowest BCUT2D eigenvalue weighted by molar-refractivity contribution is 0.232. The highest BCUT2D eigenvalue weighted by atomic mass is 31.2. The highest BCUT2D eigenvalue weighted by Crippen LogP contribution is 2.36. The molecule has 74 valence electrons. The first-order valence-electron chi connectivity index (χ1n) is 4.38. The first-order chi connectivity index (χ1) is 5.70. The molecule has 0 heterocycles. The molecule has 0 radical (unpaired) electrons. The number of likely N-dealkylation sites (N-methyl/N-ethyl adjacent to an activating group) is 1. The molecular formula is C8H20NO2P. The van der Waals surface area contributed by atoms with Crippen molar-refractivity contribution in [2.24, 2.45) is 0 Å². The van der Waals surface area contributed by atoms with Gasteiger partial charge in [0.15, 0.2) is 8.38 Å². The fourth-order valence-electron chi connectivity index (χ4n) is 0.689. The van der Waals surface area contributed by atoms with Crippen LogP contribution < -0.4 is 0 Å². The summed E-state index contributed by atoms with van der Waals surface area (Å²) < 4.78 is 10.9. The van der Waals surface area contributed by atoms with E-state index < -0.39 is 8.38 Å². The van der Waals surface area contributed by atoms with Crippen LogP contribution in [0.1, 0.15) is 13.8 Å². The molecule has 0 amide bonds. The third-order valence-electron chi connectivity index (χ3n) is 1.31. The zero-order valence-corrected chi connectivity index (χ0v) is 9.43. The van der Waals surface area contributed by atoms with Crippen LogP contribution in [0.5, 0.6) is 0 Å². The van der Waals surface area contributed by atoms with Crippen LogP contribution in [0.4, 0.5) is 0 Å². The van der Waals surface area contributed by atoms with E-state index in [0.717, 1.165) is 25.9 Å². The predicted molar refractivity (Wildman–Crippen MR) is 53.6 cm³/mol. The van der Waals surface area contributed by atoms with Crippen molar-refractivity contribution in [1.82, 2.24) is 4.90 Å². The number of hydrogen-bond donors (Lipinski definition) is 0. The second kappa shape index (κ2) is 7.93. The molecule has 0 spiro atoms. The predicted octanol–water partition coefficient (Wildman–Crippen LogP) is 1.93. The van der Waals surface area contributed by atoms with Crippen molar-refractivity contribution in [1.29, 1.82) is 0 Å². The molecule has 0 bridgehead atoms. The van der Waals surface area contributed by atoms with Crippen LogP contribution in [0.25, 0.3) is 0 Å². The minimum absolute atomic E-state index is 0.616. The van der Waals surface area contributed by atoms with E-state index in [1.165, 1.54) is 0 Å². The molecule has 0 saturated heterocycles. The van der Waals surface area contributed by atoms with Crippen molar-refractivity contribution in [3.63, 3.8) is 0 Å². The van der Waals surface area contributed by atoms with Gasteiger partial charge in [0.2, 0.25) is 0 Å². The van der Waals surface area contributed by atoms with Crippen LogP contribution in [0.3, 0.4) is 0 Å². The summed E-state index contributed by atoms with van der Waals surface area (Å²) in [4.78, 5) is 2.11. The second-order valence-electron chi connectivity index (χ2n) is 2.70. The maximum absolute atomic E-state index is 5.54. The van der Waals surface area contributed by atoms with Gasteiger partial charge < -0.3 is 13.9 Å². The van der Waals surface area contributed by atoms with Gasteiger partial charge in [-0.1, -0.05) is 6.92 Å². The summed E-state index contributed by atoms with van der Waals surface area (Å²) >= 11 is 0. The summed E-state index contributed by atoms with van der Waals surface area (Å²) in [5, 5.41) is 0. The minimum atomic E-state index is -0.616. The first kappa shape index (κ1) is 12.3. The Bertz CT molecular complexity index is 101. The van der Waals surface area contributed by atoms with E-state index >= 15 is 0 Å². The number of nitrogens with zero attached hydrogens (tertiary/aromatic N) is 1. The first-order valence-corrected chi connectivity index (χ1v) is 5.75. The lowest BCUT2D eigenvalue weighted by Gasteiger charge is -2.16. The standard InChI is InChI=1S/C8H20NO2P/c1-5-10-12(6-2)11-8-7-9(3)4/h5-8H2,1-4H3. The van der Waals surface area contributed by atoms with Gasteiger partial charge in [-0.15, -0.1) is 0 Å². The lowest BCUT2D eigenvalue weighted by Crippen LogP contribution is -2.17. The van der Waals surface area contributed by atoms with Crippen LogP contribution >= 0.6 is 8.38 Å². The van der Waals surface area contributed by atoms with Gasteiger partial charge in [-0.3, -0.25) is 0 Å². The molecule has 1 unspecified atom stereocenters. The van der Waals surface area contributed by atoms with Gasteiger partial charge in [0.1, 0.15) is 0 Å². The summed E-state index contributed by atoms with van der Waals surface area (Å²) in [6, 6.07) is 0. The van der Waals surface area contributed by atoms with Crippen LogP contribution in [-0.4, -0.2) is 44.9 Å². The largest absolute Gasteiger partial charge is 0.334 e. The Morgan fingerprint density at radius 3 is 2.25 bits per heavy atom. The smallest absolute Gasteiger partial charge is 0.170 e. The molecule has 1 atom stereocenters. The Morgan fingerprint density at radius 1 is 1.17 bits per heavy atom. The van der Waals surface area contributed by atoms with Crippen molar-refractivity contribution in [3.8, 4) is 0 Å². The molecule has 0 N–H and O–H groups in total. The molecule has 0 aromatic heterocycles. The molecule has 0 aliphatic heterocycles. The Kier molecular flexibility index (Phi) is 8.14. The van der Waals surface area contributed by atoms with Crippen molar-refractivity contribution in [3.05, 3.63) is 0 Å². The Labute approximate surface area is 77.0 Å². The van der Waals surface area contributed by atoms with Crippen molar-refractivity contribution >= 4 is 8.38 Å². The lowest BCUT2D eigenvalue weighted by atomic mass is 10.6. The highest BCUT2D eigenvalue weighted by Gasteiger charge is 2.05. The zero-order valence-electron chi connectivity index (χ0n) is 8.54. The van der Waals surface area contributed by atoms with Gasteiger partial charge in [0.25, 0.3) is 0 Å². The Hall–Kier alpha value is 0.310. The Balaban J connectivity index is 3.31. The summed E-state index contributed by atoms with van der Waals surface area (Å²) in [7, 11) is 3.46. The maximum Gasteiger partial charge on any atom is 0.170 e. The van der Waals surface area contributed by atoms with E-state index in [-0.39, 0.29) is 0 Å². The zero-order chi connectivity index (χ0) is 9.40. The fourth-order valence-corrected chi connectivity index (χ4v) is 1.70. The van der Waals surface area contributed by atoms with E-state index in [4.69, 9.17) is 9.05 Å². The van der Waals surface area contributed by atoms with Gasteiger partial charge in [-0.25, -0.2) is 0 Å². The van der Waals surface area contributed by atoms with E-state index in [2.05, 4.69) is 11.8 Å². The molecule has 4 heteroatoms. The maximum atomic E-state index is 5.54. The van der Waals surface area contributed by atoms with Gasteiger partial charge in [-0.2, -0.15) is 0 Å². The Morgan fingerprint density at radius 2 is 1.83 bits per heavy atom. The average Bonchev–Trinajstić information content (AvgIpc) is 2.02. The quantitative estimate of drug-likeness (QED) is 0.577. The van der Waals surface area contributed by atoms with E-state index in [1.807, 2.05) is 21.0 Å². The monoisotopic (exact) mass is 193 g/mol. The molecule has 0 aliphatic rings. The summed E-state index contributed by atoms with van der Waals surface area (Å²) in [6.45, 7) is 6.58. The topological polar surface area (TPSA) is 21.7 Å². The fraction of sp³-hybridized carbons (Fsp3) is 1.00. The molecule has 0 aromatic rings. The molecule has 0 aromatic carbocycles. The van der Waals surface area contributed by atoms with Gasteiger partial charge in [0.05, 0.1) is 13.2 Å². The van der Waals surface area contributed by atoms with Crippen LogP contribution in [-0.2, 0) is 9.05 Å². The van der Waals surface area contributed by atoms with E-state index in [1.54, 1.807) is 0 Å². The highest BCUT2D eigenvalue weighted by molar-refractivity contribution is 7.47. The molecule has 0 aliphatic carbocycles. The molecule has 0 rings (SSSR count). The molecule has 0 fully saturated rings. The normalized spacial score (nSPS) is 13.8. The second-order valence-corrected chi connectivity index (χ2v) is 4.52. The van der Waals surface area contributed by atoms with Gasteiger partial charge >= 0.3 is 0 Å². The molecule has 0 saturated carbocycles. The third kappa shape index (κ3) is 6.99. The summed E-state index contributed by atoms with van der Waals surface area (Å²) in [5.74, 6) is 0. The summed E-state index contributed by atoms with van der Waals surface area (Å²) in [6.07, 6.45) is 0.983. The SMILES string of the molecule is CCOP(CC)OCCN(C)C. The van der Waals surface area contributed by atoms with Crippen LogP contribution in [0.2, 0.25) is 0 Å². The average molecular weight is 193 g/mol. The van der Waals surface area contributed by atoms with Crippen molar-refractivity contribution in [2.75, 3.05) is 40.0 Å². The number of rotatable bonds is 7. The molecular weight excluding hydrogens is 173 g/mol. The van der Waals surface area contributed by atoms with Crippen LogP contribution in [0.15, 0.2) is 0 Å². The van der Waals surface area contributed by atoms with Crippen molar-refractivity contribution in [2.45, 2.75) is 13.8 Å². The molecule has 12 heavy (non-hydrogen) atoms. The van der Waals surface area contributed by atoms with Crippen LogP contribution in [0, 0.1) is 0 Å². The van der Waals surface area contributed by atoms with Crippen molar-refractivity contribution < 1.29 is 9.05 Å².